The summed E-state index contributed by atoms with van der Waals surface area (Å²) >= 11 is 0. The van der Waals surface area contributed by atoms with E-state index in [1.54, 1.807) is 13.8 Å². The molecule has 8 heteroatoms. The van der Waals surface area contributed by atoms with Gasteiger partial charge in [0, 0.05) is 38.0 Å². The maximum absolute atomic E-state index is 12.9. The molecule has 1 aliphatic heterocycles. The van der Waals surface area contributed by atoms with Crippen LogP contribution in [0.2, 0.25) is 0 Å². The number of rotatable bonds is 6. The molecular weight excluding hydrogens is 384 g/mol. The van der Waals surface area contributed by atoms with Gasteiger partial charge >= 0.3 is 5.69 Å². The monoisotopic (exact) mass is 416 g/mol. The summed E-state index contributed by atoms with van der Waals surface area (Å²) in [5, 5.41) is 3.07. The van der Waals surface area contributed by atoms with E-state index in [4.69, 9.17) is 4.74 Å². The van der Waals surface area contributed by atoms with Crippen molar-refractivity contribution in [3.63, 3.8) is 0 Å². The Morgan fingerprint density at radius 1 is 1.20 bits per heavy atom. The summed E-state index contributed by atoms with van der Waals surface area (Å²) in [7, 11) is 0. The first-order chi connectivity index (χ1) is 14.3. The molecule has 8 nitrogen and oxygen atoms in total. The van der Waals surface area contributed by atoms with Crippen LogP contribution in [0.5, 0.6) is 0 Å². The minimum absolute atomic E-state index is 0.00344. The molecule has 30 heavy (non-hydrogen) atoms. The number of likely N-dealkylation sites (tertiary alicyclic amines) is 1. The molecule has 1 aromatic rings. The predicted molar refractivity (Wildman–Crippen MR) is 111 cm³/mol. The third-order valence-corrected chi connectivity index (χ3v) is 6.74. The highest BCUT2D eigenvalue weighted by Crippen LogP contribution is 2.39. The van der Waals surface area contributed by atoms with Crippen LogP contribution in [0.4, 0.5) is 0 Å². The summed E-state index contributed by atoms with van der Waals surface area (Å²) in [4.78, 5) is 42.7. The van der Waals surface area contributed by atoms with Crippen molar-refractivity contribution >= 4 is 11.8 Å². The fraction of sp³-hybridized carbons (Fsp3) is 0.727. The minimum Gasteiger partial charge on any atom is -0.376 e. The molecule has 4 atom stereocenters. The molecule has 0 spiro atoms. The Bertz CT molecular complexity index is 878. The van der Waals surface area contributed by atoms with Gasteiger partial charge in [-0.15, -0.1) is 0 Å². The van der Waals surface area contributed by atoms with Crippen LogP contribution in [0, 0.1) is 31.6 Å². The quantitative estimate of drug-likeness (QED) is 0.748. The molecule has 0 bridgehead atoms. The van der Waals surface area contributed by atoms with Crippen LogP contribution in [0.25, 0.3) is 0 Å². The lowest BCUT2D eigenvalue weighted by atomic mass is 9.77. The van der Waals surface area contributed by atoms with E-state index in [-0.39, 0.29) is 36.2 Å². The first-order valence-electron chi connectivity index (χ1n) is 11.0. The summed E-state index contributed by atoms with van der Waals surface area (Å²) in [5.74, 6) is 1.31. The largest absolute Gasteiger partial charge is 0.376 e. The minimum atomic E-state index is -0.378. The zero-order valence-electron chi connectivity index (χ0n) is 18.1. The maximum Gasteiger partial charge on any atom is 0.348 e. The van der Waals surface area contributed by atoms with Gasteiger partial charge in [-0.25, -0.2) is 4.79 Å². The van der Waals surface area contributed by atoms with Gasteiger partial charge < -0.3 is 15.0 Å². The van der Waals surface area contributed by atoms with Crippen molar-refractivity contribution in [1.82, 2.24) is 19.8 Å². The van der Waals surface area contributed by atoms with Gasteiger partial charge in [0.15, 0.2) is 0 Å². The van der Waals surface area contributed by atoms with Crippen LogP contribution in [0.3, 0.4) is 0 Å². The molecule has 0 aromatic carbocycles. The Morgan fingerprint density at radius 2 is 1.90 bits per heavy atom. The van der Waals surface area contributed by atoms with Crippen LogP contribution in [0.15, 0.2) is 10.9 Å². The van der Waals surface area contributed by atoms with Gasteiger partial charge in [0.25, 0.3) is 0 Å². The number of nitrogens with zero attached hydrogens (tertiary/aromatic N) is 3. The van der Waals surface area contributed by atoms with Gasteiger partial charge in [-0.1, -0.05) is 0 Å². The second-order valence-electron chi connectivity index (χ2n) is 9.32. The molecular formula is C22H32N4O4. The van der Waals surface area contributed by atoms with Gasteiger partial charge in [0.05, 0.1) is 12.1 Å². The molecule has 2 aliphatic carbocycles. The van der Waals surface area contributed by atoms with E-state index in [2.05, 4.69) is 10.3 Å². The van der Waals surface area contributed by atoms with Crippen LogP contribution < -0.4 is 11.0 Å². The number of aryl methyl sites for hydroxylation is 2. The smallest absolute Gasteiger partial charge is 0.348 e. The lowest BCUT2D eigenvalue weighted by Crippen LogP contribution is -2.50. The second-order valence-corrected chi connectivity index (χ2v) is 9.32. The van der Waals surface area contributed by atoms with E-state index in [1.165, 1.54) is 17.4 Å². The maximum atomic E-state index is 12.9. The van der Waals surface area contributed by atoms with E-state index in [1.807, 2.05) is 17.9 Å². The third-order valence-electron chi connectivity index (χ3n) is 6.74. The van der Waals surface area contributed by atoms with Crippen molar-refractivity contribution in [3.05, 3.63) is 27.9 Å². The third kappa shape index (κ3) is 4.74. The van der Waals surface area contributed by atoms with E-state index in [0.29, 0.717) is 36.5 Å². The van der Waals surface area contributed by atoms with E-state index >= 15 is 0 Å². The van der Waals surface area contributed by atoms with Crippen LogP contribution >= 0.6 is 0 Å². The van der Waals surface area contributed by atoms with Gasteiger partial charge in [-0.2, -0.15) is 4.98 Å². The molecule has 4 rings (SSSR count). The van der Waals surface area contributed by atoms with Crippen LogP contribution in [-0.2, 0) is 20.9 Å². The van der Waals surface area contributed by atoms with Crippen LogP contribution in [0.1, 0.15) is 44.0 Å². The number of amides is 2. The van der Waals surface area contributed by atoms with Gasteiger partial charge in [-0.05, 0) is 63.4 Å². The van der Waals surface area contributed by atoms with Gasteiger partial charge in [-0.3, -0.25) is 14.2 Å². The van der Waals surface area contributed by atoms with Crippen molar-refractivity contribution < 1.29 is 14.3 Å². The fourth-order valence-corrected chi connectivity index (χ4v) is 4.96. The first-order valence-corrected chi connectivity index (χ1v) is 11.0. The molecule has 2 amide bonds. The zero-order valence-corrected chi connectivity index (χ0v) is 18.1. The molecule has 0 radical (unpaired) electrons. The summed E-state index contributed by atoms with van der Waals surface area (Å²) in [6.45, 7) is 7.29. The first kappa shape index (κ1) is 21.0. The lowest BCUT2D eigenvalue weighted by Gasteiger charge is -2.38. The van der Waals surface area contributed by atoms with Gasteiger partial charge in [0.2, 0.25) is 11.8 Å². The normalized spacial score (nSPS) is 28.3. The molecule has 3 aliphatic rings. The van der Waals surface area contributed by atoms with Gasteiger partial charge in [0.1, 0.15) is 6.54 Å². The molecule has 2 saturated carbocycles. The van der Waals surface area contributed by atoms with Crippen molar-refractivity contribution in [1.29, 1.82) is 0 Å². The molecule has 0 unspecified atom stereocenters. The summed E-state index contributed by atoms with van der Waals surface area (Å²) < 4.78 is 7.63. The summed E-state index contributed by atoms with van der Waals surface area (Å²) in [5.41, 5.74) is 1.03. The van der Waals surface area contributed by atoms with Crippen molar-refractivity contribution in [2.24, 2.45) is 17.8 Å². The molecule has 1 saturated heterocycles. The Labute approximate surface area is 177 Å². The summed E-state index contributed by atoms with van der Waals surface area (Å²) in [6.07, 6.45) is 4.17. The molecule has 1 aromatic heterocycles. The predicted octanol–water partition coefficient (Wildman–Crippen LogP) is 1.03. The molecule has 3 fully saturated rings. The number of ether oxygens (including phenoxy) is 1. The van der Waals surface area contributed by atoms with E-state index in [0.717, 1.165) is 25.1 Å². The fourth-order valence-electron chi connectivity index (χ4n) is 4.96. The van der Waals surface area contributed by atoms with Crippen molar-refractivity contribution in [2.75, 3.05) is 19.7 Å². The standard InChI is InChI=1S/C22H32N4O4/c1-13-6-14(2)26(22(29)23-13)11-21(28)25-9-17-7-19(24-15(3)27)20(8-18(17)10-25)30-12-16-4-5-16/h6,16-20H,4-5,7-12H2,1-3H3,(H,24,27)/t17-,18+,19-,20-/m1/s1. The number of hydrogen-bond acceptors (Lipinski definition) is 5. The highest BCUT2D eigenvalue weighted by Gasteiger charge is 2.44. The topological polar surface area (TPSA) is 93.5 Å². The average molecular weight is 417 g/mol. The molecule has 164 valence electrons. The van der Waals surface area contributed by atoms with Crippen LogP contribution in [-0.4, -0.2) is 58.1 Å². The highest BCUT2D eigenvalue weighted by atomic mass is 16.5. The Balaban J connectivity index is 1.41. The zero-order chi connectivity index (χ0) is 21.4. The number of fused-ring (bicyclic) bond motifs is 1. The lowest BCUT2D eigenvalue weighted by molar-refractivity contribution is -0.131. The number of carbonyl (C=O) groups excluding carboxylic acids is 2. The Morgan fingerprint density at radius 3 is 2.53 bits per heavy atom. The number of hydrogen-bond donors (Lipinski definition) is 1. The average Bonchev–Trinajstić information content (AvgIpc) is 3.40. The second kappa shape index (κ2) is 8.49. The number of carbonyl (C=O) groups is 2. The number of aromatic nitrogens is 2. The number of nitrogens with one attached hydrogen (secondary N) is 1. The Kier molecular flexibility index (Phi) is 5.95. The molecule has 2 heterocycles. The van der Waals surface area contributed by atoms with Crippen molar-refractivity contribution in [3.8, 4) is 0 Å². The summed E-state index contributed by atoms with van der Waals surface area (Å²) in [6, 6.07) is 1.82. The van der Waals surface area contributed by atoms with Crippen molar-refractivity contribution in [2.45, 2.75) is 65.1 Å². The Hall–Kier alpha value is -2.22. The van der Waals surface area contributed by atoms with E-state index < -0.39 is 0 Å². The highest BCUT2D eigenvalue weighted by molar-refractivity contribution is 5.76. The molecule has 1 N–H and O–H groups in total. The van der Waals surface area contributed by atoms with E-state index in [9.17, 15) is 14.4 Å². The SMILES string of the molecule is CC(=O)N[C@@H]1C[C@@H]2CN(C(=O)Cn3c(C)cc(C)nc3=O)C[C@@H]2C[C@H]1OCC1CC1.